The highest BCUT2D eigenvalue weighted by molar-refractivity contribution is 5.90. The minimum absolute atomic E-state index is 0.186. The molecule has 0 saturated carbocycles. The normalized spacial score (nSPS) is 14.4. The standard InChI is InChI=1S/C17H22FN5O/c18-15-3-1-2-4-16(15)21-17(24)6-7-19-9-10-22-11-12-23-14(13-22)5-8-20-23/h1-5,8,19H,6-7,9-13H2,(H,21,24). The molecule has 0 aliphatic carbocycles. The Morgan fingerprint density at radius 3 is 2.96 bits per heavy atom. The summed E-state index contributed by atoms with van der Waals surface area (Å²) in [5.41, 5.74) is 1.47. The number of halogens is 1. The Hall–Kier alpha value is -2.25. The van der Waals surface area contributed by atoms with Gasteiger partial charge in [0.05, 0.1) is 17.9 Å². The molecule has 1 aliphatic rings. The number of anilines is 1. The lowest BCUT2D eigenvalue weighted by atomic mass is 10.3. The van der Waals surface area contributed by atoms with Crippen LogP contribution < -0.4 is 10.6 Å². The van der Waals surface area contributed by atoms with E-state index in [1.54, 1.807) is 18.2 Å². The number of rotatable bonds is 7. The number of benzene rings is 1. The molecule has 7 heteroatoms. The fraction of sp³-hybridized carbons (Fsp3) is 0.412. The Morgan fingerprint density at radius 2 is 2.08 bits per heavy atom. The Morgan fingerprint density at radius 1 is 1.21 bits per heavy atom. The number of nitrogens with zero attached hydrogens (tertiary/aromatic N) is 3. The smallest absolute Gasteiger partial charge is 0.225 e. The van der Waals surface area contributed by atoms with Crippen molar-refractivity contribution in [2.24, 2.45) is 0 Å². The van der Waals surface area contributed by atoms with Crippen LogP contribution in [-0.4, -0.2) is 46.8 Å². The second-order valence-electron chi connectivity index (χ2n) is 5.85. The average molecular weight is 331 g/mol. The Balaban J connectivity index is 1.30. The predicted molar refractivity (Wildman–Crippen MR) is 90.0 cm³/mol. The molecular weight excluding hydrogens is 309 g/mol. The third-order valence-electron chi connectivity index (χ3n) is 4.10. The topological polar surface area (TPSA) is 62.2 Å². The zero-order valence-electron chi connectivity index (χ0n) is 13.5. The number of para-hydroxylation sites is 1. The molecule has 0 spiro atoms. The SMILES string of the molecule is O=C(CCNCCN1CCn2nccc2C1)Nc1ccccc1F. The van der Waals surface area contributed by atoms with Gasteiger partial charge in [-0.05, 0) is 18.2 Å². The predicted octanol–water partition coefficient (Wildman–Crippen LogP) is 1.46. The van der Waals surface area contributed by atoms with Crippen LogP contribution in [0.5, 0.6) is 0 Å². The largest absolute Gasteiger partial charge is 0.324 e. The maximum Gasteiger partial charge on any atom is 0.225 e. The fourth-order valence-electron chi connectivity index (χ4n) is 2.77. The highest BCUT2D eigenvalue weighted by Crippen LogP contribution is 2.12. The van der Waals surface area contributed by atoms with Crippen LogP contribution in [0.15, 0.2) is 36.5 Å². The van der Waals surface area contributed by atoms with Crippen LogP contribution in [0.3, 0.4) is 0 Å². The minimum Gasteiger partial charge on any atom is -0.324 e. The molecule has 3 rings (SSSR count). The molecule has 1 aliphatic heterocycles. The first-order valence-corrected chi connectivity index (χ1v) is 8.20. The van der Waals surface area contributed by atoms with E-state index in [1.807, 2.05) is 16.9 Å². The van der Waals surface area contributed by atoms with Crippen LogP contribution in [0, 0.1) is 5.82 Å². The summed E-state index contributed by atoms with van der Waals surface area (Å²) in [6, 6.07) is 8.23. The molecule has 0 atom stereocenters. The van der Waals surface area contributed by atoms with Gasteiger partial charge in [-0.15, -0.1) is 0 Å². The van der Waals surface area contributed by atoms with Gasteiger partial charge in [-0.1, -0.05) is 12.1 Å². The van der Waals surface area contributed by atoms with E-state index in [9.17, 15) is 9.18 Å². The van der Waals surface area contributed by atoms with Crippen molar-refractivity contribution in [1.29, 1.82) is 0 Å². The molecule has 0 unspecified atom stereocenters. The number of nitrogens with one attached hydrogen (secondary N) is 2. The van der Waals surface area contributed by atoms with E-state index in [4.69, 9.17) is 0 Å². The van der Waals surface area contributed by atoms with Gasteiger partial charge in [0.15, 0.2) is 0 Å². The first-order chi connectivity index (χ1) is 11.7. The van der Waals surface area contributed by atoms with Crippen molar-refractivity contribution < 1.29 is 9.18 Å². The zero-order valence-corrected chi connectivity index (χ0v) is 13.5. The second-order valence-corrected chi connectivity index (χ2v) is 5.85. The lowest BCUT2D eigenvalue weighted by Crippen LogP contribution is -2.38. The number of carbonyl (C=O) groups excluding carboxylic acids is 1. The Kier molecular flexibility index (Phi) is 5.55. The molecule has 2 heterocycles. The summed E-state index contributed by atoms with van der Waals surface area (Å²) in [5, 5.41) is 10.1. The van der Waals surface area contributed by atoms with Crippen LogP contribution in [0.1, 0.15) is 12.1 Å². The van der Waals surface area contributed by atoms with Gasteiger partial charge in [0, 0.05) is 45.3 Å². The minimum atomic E-state index is -0.414. The van der Waals surface area contributed by atoms with Gasteiger partial charge >= 0.3 is 0 Å². The van der Waals surface area contributed by atoms with E-state index in [0.717, 1.165) is 32.7 Å². The molecule has 0 saturated heterocycles. The fourth-order valence-corrected chi connectivity index (χ4v) is 2.77. The van der Waals surface area contributed by atoms with Gasteiger partial charge in [-0.2, -0.15) is 5.10 Å². The van der Waals surface area contributed by atoms with E-state index in [-0.39, 0.29) is 11.6 Å². The maximum atomic E-state index is 13.4. The Labute approximate surface area is 140 Å². The van der Waals surface area contributed by atoms with Crippen molar-refractivity contribution in [2.75, 3.05) is 31.5 Å². The van der Waals surface area contributed by atoms with Crippen LogP contribution in [0.25, 0.3) is 0 Å². The molecule has 2 aromatic rings. The van der Waals surface area contributed by atoms with Crippen molar-refractivity contribution in [3.05, 3.63) is 48.0 Å². The van der Waals surface area contributed by atoms with Crippen molar-refractivity contribution in [2.45, 2.75) is 19.5 Å². The first kappa shape index (κ1) is 16.6. The quantitative estimate of drug-likeness (QED) is 0.754. The van der Waals surface area contributed by atoms with E-state index in [0.29, 0.717) is 13.0 Å². The van der Waals surface area contributed by atoms with Gasteiger partial charge < -0.3 is 10.6 Å². The van der Waals surface area contributed by atoms with Crippen molar-refractivity contribution in [3.8, 4) is 0 Å². The number of hydrogen-bond acceptors (Lipinski definition) is 4. The molecule has 2 N–H and O–H groups in total. The van der Waals surface area contributed by atoms with Crippen LogP contribution >= 0.6 is 0 Å². The number of amides is 1. The van der Waals surface area contributed by atoms with Gasteiger partial charge in [0.2, 0.25) is 5.91 Å². The van der Waals surface area contributed by atoms with E-state index in [2.05, 4.69) is 20.6 Å². The van der Waals surface area contributed by atoms with Gasteiger partial charge in [0.25, 0.3) is 0 Å². The van der Waals surface area contributed by atoms with Crippen molar-refractivity contribution >= 4 is 11.6 Å². The molecule has 0 fully saturated rings. The zero-order chi connectivity index (χ0) is 16.8. The first-order valence-electron chi connectivity index (χ1n) is 8.20. The van der Waals surface area contributed by atoms with Crippen LogP contribution in [0.2, 0.25) is 0 Å². The number of carbonyl (C=O) groups is 1. The molecule has 1 amide bonds. The molecule has 1 aromatic heterocycles. The molecule has 128 valence electrons. The molecule has 24 heavy (non-hydrogen) atoms. The third-order valence-corrected chi connectivity index (χ3v) is 4.10. The van der Waals surface area contributed by atoms with E-state index < -0.39 is 5.82 Å². The monoisotopic (exact) mass is 331 g/mol. The number of aromatic nitrogens is 2. The summed E-state index contributed by atoms with van der Waals surface area (Å²) in [6.45, 7) is 5.15. The highest BCUT2D eigenvalue weighted by Gasteiger charge is 2.15. The highest BCUT2D eigenvalue weighted by atomic mass is 19.1. The second kappa shape index (κ2) is 8.03. The summed E-state index contributed by atoms with van der Waals surface area (Å²) in [5.74, 6) is -0.599. The summed E-state index contributed by atoms with van der Waals surface area (Å²) in [4.78, 5) is 14.2. The molecular formula is C17H22FN5O. The Bertz CT molecular complexity index is 687. The van der Waals surface area contributed by atoms with Crippen molar-refractivity contribution in [3.63, 3.8) is 0 Å². The number of hydrogen-bond donors (Lipinski definition) is 2. The third kappa shape index (κ3) is 4.39. The van der Waals surface area contributed by atoms with Crippen molar-refractivity contribution in [1.82, 2.24) is 20.0 Å². The van der Waals surface area contributed by atoms with E-state index >= 15 is 0 Å². The van der Waals surface area contributed by atoms with Gasteiger partial charge in [0.1, 0.15) is 5.82 Å². The lowest BCUT2D eigenvalue weighted by Gasteiger charge is -2.27. The maximum absolute atomic E-state index is 13.4. The summed E-state index contributed by atoms with van der Waals surface area (Å²) in [7, 11) is 0. The van der Waals surface area contributed by atoms with Crippen LogP contribution in [0.4, 0.5) is 10.1 Å². The van der Waals surface area contributed by atoms with Gasteiger partial charge in [-0.25, -0.2) is 4.39 Å². The average Bonchev–Trinajstić information content (AvgIpc) is 3.04. The molecule has 0 bridgehead atoms. The van der Waals surface area contributed by atoms with E-state index in [1.165, 1.54) is 11.8 Å². The molecule has 0 radical (unpaired) electrons. The van der Waals surface area contributed by atoms with Crippen LogP contribution in [-0.2, 0) is 17.9 Å². The van der Waals surface area contributed by atoms with Gasteiger partial charge in [-0.3, -0.25) is 14.4 Å². The summed E-state index contributed by atoms with van der Waals surface area (Å²) >= 11 is 0. The summed E-state index contributed by atoms with van der Waals surface area (Å²) < 4.78 is 15.5. The summed E-state index contributed by atoms with van der Waals surface area (Å²) in [6.07, 6.45) is 2.16. The molecule has 1 aromatic carbocycles. The lowest BCUT2D eigenvalue weighted by molar-refractivity contribution is -0.116. The molecule has 6 nitrogen and oxygen atoms in total. The number of fused-ring (bicyclic) bond motifs is 1.